The van der Waals surface area contributed by atoms with Gasteiger partial charge in [-0.05, 0) is 31.1 Å². The van der Waals surface area contributed by atoms with E-state index in [-0.39, 0.29) is 0 Å². The number of anilines is 1. The number of aromatic nitrogens is 1. The second kappa shape index (κ2) is 4.33. The summed E-state index contributed by atoms with van der Waals surface area (Å²) in [5.41, 5.74) is 6.45. The topological polar surface area (TPSA) is 42.2 Å². The van der Waals surface area contributed by atoms with E-state index in [0.29, 0.717) is 0 Å². The van der Waals surface area contributed by atoms with Crippen molar-refractivity contribution in [2.45, 2.75) is 11.9 Å². The summed E-state index contributed by atoms with van der Waals surface area (Å²) in [5, 5.41) is 0.877. The maximum Gasteiger partial charge on any atom is 0.134 e. The minimum atomic E-state index is 0.739. The lowest BCUT2D eigenvalue weighted by Crippen LogP contribution is -2.08. The van der Waals surface area contributed by atoms with E-state index >= 15 is 0 Å². The largest absolute Gasteiger partial charge is 0.397 e. The van der Waals surface area contributed by atoms with E-state index in [1.807, 2.05) is 19.2 Å². The first kappa shape index (κ1) is 9.35. The molecule has 0 aliphatic rings. The minimum absolute atomic E-state index is 0.739. The van der Waals surface area contributed by atoms with Crippen molar-refractivity contribution in [1.29, 1.82) is 0 Å². The van der Waals surface area contributed by atoms with Crippen molar-refractivity contribution in [3.63, 3.8) is 0 Å². The Morgan fingerprint density at radius 1 is 1.67 bits per heavy atom. The quantitative estimate of drug-likeness (QED) is 0.723. The Kier molecular flexibility index (Phi) is 3.37. The standard InChI is InChI=1S/C8H13N3S/c1-3-11(2)12-8-7(9)5-4-6-10-8/h4-6H,3,9H2,1-2H3. The number of rotatable bonds is 3. The SMILES string of the molecule is CCN(C)Sc1ncccc1N. The fourth-order valence-electron chi connectivity index (χ4n) is 0.692. The highest BCUT2D eigenvalue weighted by atomic mass is 32.2. The third kappa shape index (κ3) is 2.39. The van der Waals surface area contributed by atoms with Crippen LogP contribution in [0.1, 0.15) is 6.92 Å². The third-order valence-electron chi connectivity index (χ3n) is 1.49. The molecule has 0 saturated heterocycles. The van der Waals surface area contributed by atoms with Gasteiger partial charge in [0.05, 0.1) is 5.69 Å². The average Bonchev–Trinajstić information content (AvgIpc) is 2.09. The van der Waals surface area contributed by atoms with Crippen LogP contribution in [-0.2, 0) is 0 Å². The monoisotopic (exact) mass is 183 g/mol. The van der Waals surface area contributed by atoms with Crippen molar-refractivity contribution >= 4 is 17.6 Å². The molecule has 0 radical (unpaired) electrons. The molecule has 1 aromatic heterocycles. The molecule has 1 heterocycles. The summed E-state index contributed by atoms with van der Waals surface area (Å²) in [7, 11) is 2.01. The van der Waals surface area contributed by atoms with Gasteiger partial charge < -0.3 is 5.73 Å². The van der Waals surface area contributed by atoms with Gasteiger partial charge in [0.15, 0.2) is 0 Å². The second-order valence-corrected chi connectivity index (χ2v) is 3.63. The molecule has 3 nitrogen and oxygen atoms in total. The molecule has 0 aliphatic carbocycles. The van der Waals surface area contributed by atoms with Gasteiger partial charge in [0.2, 0.25) is 0 Å². The van der Waals surface area contributed by atoms with Crippen LogP contribution in [0.4, 0.5) is 5.69 Å². The molecule has 0 unspecified atom stereocenters. The van der Waals surface area contributed by atoms with E-state index in [1.165, 1.54) is 0 Å². The summed E-state index contributed by atoms with van der Waals surface area (Å²) in [4.78, 5) is 4.16. The van der Waals surface area contributed by atoms with Gasteiger partial charge in [-0.3, -0.25) is 0 Å². The molecule has 66 valence electrons. The molecule has 4 heteroatoms. The van der Waals surface area contributed by atoms with Crippen LogP contribution in [0.3, 0.4) is 0 Å². The van der Waals surface area contributed by atoms with Crippen LogP contribution in [0.5, 0.6) is 0 Å². The molecule has 0 saturated carbocycles. The zero-order chi connectivity index (χ0) is 8.97. The van der Waals surface area contributed by atoms with Gasteiger partial charge in [-0.1, -0.05) is 6.92 Å². The molecule has 1 aromatic rings. The number of hydrogen-bond donors (Lipinski definition) is 1. The van der Waals surface area contributed by atoms with Crippen LogP contribution >= 0.6 is 11.9 Å². The summed E-state index contributed by atoms with van der Waals surface area (Å²) in [5.74, 6) is 0. The lowest BCUT2D eigenvalue weighted by Gasteiger charge is -2.12. The van der Waals surface area contributed by atoms with E-state index in [9.17, 15) is 0 Å². The molecular weight excluding hydrogens is 170 g/mol. The van der Waals surface area contributed by atoms with Gasteiger partial charge in [0.1, 0.15) is 5.03 Å². The van der Waals surface area contributed by atoms with Crippen molar-refractivity contribution < 1.29 is 0 Å². The predicted molar refractivity (Wildman–Crippen MR) is 52.8 cm³/mol. The smallest absolute Gasteiger partial charge is 0.134 e. The predicted octanol–water partition coefficient (Wildman–Crippen LogP) is 1.62. The number of nitrogens with two attached hydrogens (primary N) is 1. The summed E-state index contributed by atoms with van der Waals surface area (Å²) in [6.45, 7) is 3.06. The summed E-state index contributed by atoms with van der Waals surface area (Å²) >= 11 is 1.57. The highest BCUT2D eigenvalue weighted by Gasteiger charge is 2.02. The normalized spacial score (nSPS) is 10.6. The Labute approximate surface area is 77.1 Å². The molecule has 0 bridgehead atoms. The lowest BCUT2D eigenvalue weighted by atomic mass is 10.4. The Morgan fingerprint density at radius 2 is 2.42 bits per heavy atom. The molecule has 2 N–H and O–H groups in total. The number of pyridine rings is 1. The van der Waals surface area contributed by atoms with E-state index in [0.717, 1.165) is 17.3 Å². The van der Waals surface area contributed by atoms with E-state index in [4.69, 9.17) is 5.73 Å². The van der Waals surface area contributed by atoms with Gasteiger partial charge in [0.25, 0.3) is 0 Å². The zero-order valence-electron chi connectivity index (χ0n) is 7.32. The van der Waals surface area contributed by atoms with Gasteiger partial charge in [0, 0.05) is 12.7 Å². The second-order valence-electron chi connectivity index (χ2n) is 2.43. The van der Waals surface area contributed by atoms with Crippen molar-refractivity contribution in [2.75, 3.05) is 19.3 Å². The van der Waals surface area contributed by atoms with Crippen LogP contribution in [0.25, 0.3) is 0 Å². The first-order valence-corrected chi connectivity index (χ1v) is 4.61. The average molecular weight is 183 g/mol. The molecule has 12 heavy (non-hydrogen) atoms. The molecular formula is C8H13N3S. The maximum absolute atomic E-state index is 5.71. The first-order chi connectivity index (χ1) is 5.74. The molecule has 0 aliphatic heterocycles. The Balaban J connectivity index is 2.69. The highest BCUT2D eigenvalue weighted by molar-refractivity contribution is 7.97. The highest BCUT2D eigenvalue weighted by Crippen LogP contribution is 2.23. The van der Waals surface area contributed by atoms with Crippen molar-refractivity contribution in [2.24, 2.45) is 0 Å². The first-order valence-electron chi connectivity index (χ1n) is 3.83. The summed E-state index contributed by atoms with van der Waals surface area (Å²) in [6.07, 6.45) is 1.75. The van der Waals surface area contributed by atoms with Crippen molar-refractivity contribution in [3.05, 3.63) is 18.3 Å². The van der Waals surface area contributed by atoms with Crippen LogP contribution in [0.15, 0.2) is 23.4 Å². The van der Waals surface area contributed by atoms with Crippen LogP contribution in [-0.4, -0.2) is 22.9 Å². The number of hydrogen-bond acceptors (Lipinski definition) is 4. The van der Waals surface area contributed by atoms with Crippen LogP contribution in [0.2, 0.25) is 0 Å². The summed E-state index contributed by atoms with van der Waals surface area (Å²) < 4.78 is 2.08. The Morgan fingerprint density at radius 3 is 3.00 bits per heavy atom. The van der Waals surface area contributed by atoms with Crippen molar-refractivity contribution in [3.8, 4) is 0 Å². The van der Waals surface area contributed by atoms with E-state index in [2.05, 4.69) is 16.2 Å². The summed E-state index contributed by atoms with van der Waals surface area (Å²) in [6, 6.07) is 3.70. The minimum Gasteiger partial charge on any atom is -0.397 e. The molecule has 0 amide bonds. The number of nitrogen functional groups attached to an aromatic ring is 1. The third-order valence-corrected chi connectivity index (χ3v) is 2.57. The van der Waals surface area contributed by atoms with Gasteiger partial charge in [-0.15, -0.1) is 0 Å². The lowest BCUT2D eigenvalue weighted by molar-refractivity contribution is 0.601. The maximum atomic E-state index is 5.71. The molecule has 0 atom stereocenters. The Bertz CT molecular complexity index is 252. The zero-order valence-corrected chi connectivity index (χ0v) is 8.14. The molecule has 0 fully saturated rings. The van der Waals surface area contributed by atoms with Gasteiger partial charge in [-0.25, -0.2) is 9.29 Å². The molecule has 1 rings (SSSR count). The molecule has 0 spiro atoms. The van der Waals surface area contributed by atoms with Crippen LogP contribution < -0.4 is 5.73 Å². The Hall–Kier alpha value is -0.740. The van der Waals surface area contributed by atoms with Crippen LogP contribution in [0, 0.1) is 0 Å². The fraction of sp³-hybridized carbons (Fsp3) is 0.375. The van der Waals surface area contributed by atoms with E-state index < -0.39 is 0 Å². The number of nitrogens with zero attached hydrogens (tertiary/aromatic N) is 2. The molecule has 0 aromatic carbocycles. The van der Waals surface area contributed by atoms with Gasteiger partial charge >= 0.3 is 0 Å². The van der Waals surface area contributed by atoms with Crippen molar-refractivity contribution in [1.82, 2.24) is 9.29 Å². The van der Waals surface area contributed by atoms with Gasteiger partial charge in [-0.2, -0.15) is 0 Å². The van der Waals surface area contributed by atoms with E-state index in [1.54, 1.807) is 18.1 Å². The fourth-order valence-corrected chi connectivity index (χ4v) is 1.40.